The average Bonchev–Trinajstić information content (AvgIpc) is 3.09. The van der Waals surface area contributed by atoms with Crippen molar-refractivity contribution in [3.05, 3.63) is 53.3 Å². The molecule has 5 nitrogen and oxygen atoms in total. The molecule has 0 spiro atoms. The topological polar surface area (TPSA) is 58.4 Å². The Morgan fingerprint density at radius 2 is 1.96 bits per heavy atom. The zero-order valence-electron chi connectivity index (χ0n) is 14.5. The molecule has 1 aromatic heterocycles. The summed E-state index contributed by atoms with van der Waals surface area (Å²) in [7, 11) is 0. The van der Waals surface area contributed by atoms with Crippen LogP contribution in [0.3, 0.4) is 0 Å². The Morgan fingerprint density at radius 3 is 2.76 bits per heavy atom. The summed E-state index contributed by atoms with van der Waals surface area (Å²) in [5.74, 6) is -1.19. The highest BCUT2D eigenvalue weighted by Crippen LogP contribution is 2.31. The lowest BCUT2D eigenvalue weighted by molar-refractivity contribution is -0.139. The van der Waals surface area contributed by atoms with E-state index in [1.165, 1.54) is 37.8 Å². The lowest BCUT2D eigenvalue weighted by Gasteiger charge is -2.33. The number of hydrogen-bond donors (Lipinski definition) is 1. The highest BCUT2D eigenvalue weighted by Gasteiger charge is 2.30. The Morgan fingerprint density at radius 1 is 1.16 bits per heavy atom. The van der Waals surface area contributed by atoms with Gasteiger partial charge in [0.1, 0.15) is 0 Å². The fourth-order valence-corrected chi connectivity index (χ4v) is 4.36. The van der Waals surface area contributed by atoms with E-state index >= 15 is 0 Å². The molecule has 0 amide bonds. The maximum Gasteiger partial charge on any atom is 0.312 e. The van der Waals surface area contributed by atoms with E-state index < -0.39 is 11.9 Å². The van der Waals surface area contributed by atoms with Crippen molar-refractivity contribution in [2.24, 2.45) is 0 Å². The molecule has 1 aliphatic carbocycles. The van der Waals surface area contributed by atoms with Gasteiger partial charge in [-0.3, -0.25) is 14.4 Å². The summed E-state index contributed by atoms with van der Waals surface area (Å²) in [5.41, 5.74) is 3.30. The Balaban J connectivity index is 1.54. The van der Waals surface area contributed by atoms with Crippen molar-refractivity contribution in [3.63, 3.8) is 0 Å². The number of fused-ring (bicyclic) bond motifs is 1. The highest BCUT2D eigenvalue weighted by atomic mass is 16.4. The van der Waals surface area contributed by atoms with E-state index in [1.54, 1.807) is 0 Å². The minimum absolute atomic E-state index is 0.448. The number of carboxylic acids is 1. The Bertz CT molecular complexity index is 749. The summed E-state index contributed by atoms with van der Waals surface area (Å²) < 4.78 is 2.19. The molecule has 1 saturated carbocycles. The van der Waals surface area contributed by atoms with Gasteiger partial charge in [-0.15, -0.1) is 0 Å². The smallest absolute Gasteiger partial charge is 0.312 e. The quantitative estimate of drug-likeness (QED) is 0.925. The van der Waals surface area contributed by atoms with Gasteiger partial charge in [0.15, 0.2) is 0 Å². The number of aromatic nitrogens is 2. The van der Waals surface area contributed by atoms with Crippen LogP contribution < -0.4 is 0 Å². The molecule has 2 aliphatic rings. The van der Waals surface area contributed by atoms with Crippen LogP contribution >= 0.6 is 0 Å². The van der Waals surface area contributed by atoms with Gasteiger partial charge in [-0.2, -0.15) is 5.10 Å². The third-order valence-electron chi connectivity index (χ3n) is 5.62. The lowest BCUT2D eigenvalue weighted by atomic mass is 9.89. The van der Waals surface area contributed by atoms with Crippen LogP contribution in [0.25, 0.3) is 0 Å². The maximum absolute atomic E-state index is 11.7. The first kappa shape index (κ1) is 16.3. The highest BCUT2D eigenvalue weighted by molar-refractivity contribution is 5.77. The van der Waals surface area contributed by atoms with Crippen LogP contribution in [0.15, 0.2) is 36.5 Å². The van der Waals surface area contributed by atoms with Crippen LogP contribution in [0.1, 0.15) is 60.9 Å². The van der Waals surface area contributed by atoms with E-state index in [4.69, 9.17) is 0 Å². The SMILES string of the molecule is O=C(O)C1CN(Cc2ccnn2C2CCCCC2)Cc2ccccc21. The van der Waals surface area contributed by atoms with E-state index in [0.717, 1.165) is 24.2 Å². The first-order chi connectivity index (χ1) is 12.2. The monoisotopic (exact) mass is 339 g/mol. The van der Waals surface area contributed by atoms with Crippen LogP contribution in [0.2, 0.25) is 0 Å². The van der Waals surface area contributed by atoms with Crippen molar-refractivity contribution < 1.29 is 9.90 Å². The average molecular weight is 339 g/mol. The second-order valence-electron chi connectivity index (χ2n) is 7.32. The van der Waals surface area contributed by atoms with Crippen molar-refractivity contribution in [1.82, 2.24) is 14.7 Å². The van der Waals surface area contributed by atoms with Gasteiger partial charge >= 0.3 is 5.97 Å². The van der Waals surface area contributed by atoms with Crippen molar-refractivity contribution >= 4 is 5.97 Å². The van der Waals surface area contributed by atoms with Gasteiger partial charge in [0.25, 0.3) is 0 Å². The Labute approximate surface area is 148 Å². The van der Waals surface area contributed by atoms with Crippen LogP contribution in [0.5, 0.6) is 0 Å². The summed E-state index contributed by atoms with van der Waals surface area (Å²) in [4.78, 5) is 14.0. The summed E-state index contributed by atoms with van der Waals surface area (Å²) in [5, 5.41) is 14.2. The number of hydrogen-bond acceptors (Lipinski definition) is 3. The molecule has 0 saturated heterocycles. The van der Waals surface area contributed by atoms with Crippen LogP contribution in [-0.2, 0) is 17.9 Å². The third-order valence-corrected chi connectivity index (χ3v) is 5.62. The molecule has 0 radical (unpaired) electrons. The van der Waals surface area contributed by atoms with Gasteiger partial charge in [-0.05, 0) is 30.0 Å². The van der Waals surface area contributed by atoms with Crippen LogP contribution in [-0.4, -0.2) is 32.3 Å². The molecule has 25 heavy (non-hydrogen) atoms. The predicted molar refractivity (Wildman–Crippen MR) is 95.3 cm³/mol. The number of carbonyl (C=O) groups is 1. The molecule has 1 aliphatic heterocycles. The second kappa shape index (κ2) is 7.00. The second-order valence-corrected chi connectivity index (χ2v) is 7.32. The molecule has 5 heteroatoms. The molecule has 2 heterocycles. The van der Waals surface area contributed by atoms with Gasteiger partial charge in [0.05, 0.1) is 17.7 Å². The van der Waals surface area contributed by atoms with E-state index in [9.17, 15) is 9.90 Å². The van der Waals surface area contributed by atoms with Gasteiger partial charge in [0.2, 0.25) is 0 Å². The zero-order chi connectivity index (χ0) is 17.2. The first-order valence-corrected chi connectivity index (χ1v) is 9.27. The Hall–Kier alpha value is -2.14. The van der Waals surface area contributed by atoms with Gasteiger partial charge in [0, 0.05) is 25.8 Å². The summed E-state index contributed by atoms with van der Waals surface area (Å²) >= 11 is 0. The van der Waals surface area contributed by atoms with E-state index in [0.29, 0.717) is 12.6 Å². The minimum Gasteiger partial charge on any atom is -0.481 e. The molecule has 1 atom stereocenters. The summed E-state index contributed by atoms with van der Waals surface area (Å²) in [6.45, 7) is 2.12. The largest absolute Gasteiger partial charge is 0.481 e. The number of carboxylic acid groups (broad SMARTS) is 1. The van der Waals surface area contributed by atoms with E-state index in [-0.39, 0.29) is 0 Å². The fourth-order valence-electron chi connectivity index (χ4n) is 4.36. The molecule has 1 unspecified atom stereocenters. The third kappa shape index (κ3) is 3.33. The number of nitrogens with zero attached hydrogens (tertiary/aromatic N) is 3. The summed E-state index contributed by atoms with van der Waals surface area (Å²) in [6, 6.07) is 10.5. The van der Waals surface area contributed by atoms with Crippen molar-refractivity contribution in [3.8, 4) is 0 Å². The van der Waals surface area contributed by atoms with Crippen molar-refractivity contribution in [2.45, 2.75) is 57.2 Å². The molecular weight excluding hydrogens is 314 g/mol. The summed E-state index contributed by atoms with van der Waals surface area (Å²) in [6.07, 6.45) is 8.18. The molecular formula is C20H25N3O2. The van der Waals surface area contributed by atoms with Gasteiger partial charge in [-0.25, -0.2) is 0 Å². The normalized spacial score (nSPS) is 21.8. The molecule has 1 fully saturated rings. The van der Waals surface area contributed by atoms with Crippen molar-refractivity contribution in [2.75, 3.05) is 6.54 Å². The van der Waals surface area contributed by atoms with E-state index in [2.05, 4.69) is 26.8 Å². The van der Waals surface area contributed by atoms with Crippen LogP contribution in [0.4, 0.5) is 0 Å². The molecule has 0 bridgehead atoms. The van der Waals surface area contributed by atoms with Crippen LogP contribution in [0, 0.1) is 0 Å². The lowest BCUT2D eigenvalue weighted by Crippen LogP contribution is -2.37. The molecule has 132 valence electrons. The fraction of sp³-hybridized carbons (Fsp3) is 0.500. The minimum atomic E-state index is -0.738. The number of benzene rings is 1. The van der Waals surface area contributed by atoms with Gasteiger partial charge < -0.3 is 5.11 Å². The predicted octanol–water partition coefficient (Wildman–Crippen LogP) is 3.57. The standard InChI is InChI=1S/C20H25N3O2/c24-20(25)19-14-22(12-15-6-4-5-9-18(15)19)13-17-10-11-21-23(17)16-7-2-1-3-8-16/h4-6,9-11,16,19H,1-3,7-8,12-14H2,(H,24,25). The molecule has 2 aromatic rings. The van der Waals surface area contributed by atoms with Crippen molar-refractivity contribution in [1.29, 1.82) is 0 Å². The molecule has 4 rings (SSSR count). The number of rotatable bonds is 4. The Kier molecular flexibility index (Phi) is 4.57. The van der Waals surface area contributed by atoms with E-state index in [1.807, 2.05) is 24.4 Å². The first-order valence-electron chi connectivity index (χ1n) is 9.27. The maximum atomic E-state index is 11.7. The zero-order valence-corrected chi connectivity index (χ0v) is 14.5. The molecule has 1 N–H and O–H groups in total. The molecule has 1 aromatic carbocycles. The van der Waals surface area contributed by atoms with Gasteiger partial charge in [-0.1, -0.05) is 43.5 Å². The number of aliphatic carboxylic acids is 1.